The normalized spacial score (nSPS) is 33.1. The Morgan fingerprint density at radius 3 is 2.79 bits per heavy atom. The van der Waals surface area contributed by atoms with E-state index in [0.29, 0.717) is 17.9 Å². The fourth-order valence-corrected chi connectivity index (χ4v) is 2.02. The summed E-state index contributed by atoms with van der Waals surface area (Å²) in [6.45, 7) is 5.67. The summed E-state index contributed by atoms with van der Waals surface area (Å²) in [7, 11) is 0. The molecule has 0 aromatic carbocycles. The highest BCUT2D eigenvalue weighted by atomic mass is 16.5. The van der Waals surface area contributed by atoms with Crippen molar-refractivity contribution in [2.45, 2.75) is 45.3 Å². The molecule has 1 aliphatic heterocycles. The van der Waals surface area contributed by atoms with E-state index in [-0.39, 0.29) is 6.10 Å². The highest BCUT2D eigenvalue weighted by Gasteiger charge is 2.38. The van der Waals surface area contributed by atoms with Crippen LogP contribution in [0.25, 0.3) is 0 Å². The van der Waals surface area contributed by atoms with E-state index < -0.39 is 0 Å². The maximum Gasteiger partial charge on any atom is 0.226 e. The minimum absolute atomic E-state index is 0.209. The van der Waals surface area contributed by atoms with Crippen LogP contribution in [0.4, 0.5) is 0 Å². The highest BCUT2D eigenvalue weighted by molar-refractivity contribution is 5.81. The number of ether oxygens (including phenoxy) is 1. The van der Waals surface area contributed by atoms with E-state index in [2.05, 4.69) is 6.92 Å². The van der Waals surface area contributed by atoms with Crippen LogP contribution < -0.4 is 0 Å². The van der Waals surface area contributed by atoms with E-state index in [1.165, 1.54) is 0 Å². The molecule has 0 spiro atoms. The molecule has 14 heavy (non-hydrogen) atoms. The number of amides is 1. The number of carbonyl (C=O) groups is 1. The van der Waals surface area contributed by atoms with E-state index in [9.17, 15) is 4.79 Å². The Hall–Kier alpha value is -0.570. The van der Waals surface area contributed by atoms with Gasteiger partial charge >= 0.3 is 0 Å². The van der Waals surface area contributed by atoms with E-state index >= 15 is 0 Å². The third-order valence-corrected chi connectivity index (χ3v) is 3.15. The SMILES string of the molecule is CCC1COC(C)CN1C(=O)C1CC1. The minimum atomic E-state index is 0.209. The Morgan fingerprint density at radius 2 is 2.21 bits per heavy atom. The first-order valence-corrected chi connectivity index (χ1v) is 5.64. The van der Waals surface area contributed by atoms with Gasteiger partial charge in [-0.1, -0.05) is 6.92 Å². The van der Waals surface area contributed by atoms with Crippen molar-refractivity contribution < 1.29 is 9.53 Å². The molecule has 1 heterocycles. The van der Waals surface area contributed by atoms with Gasteiger partial charge in [0, 0.05) is 12.5 Å². The lowest BCUT2D eigenvalue weighted by Gasteiger charge is -2.38. The quantitative estimate of drug-likeness (QED) is 0.670. The molecule has 0 aromatic rings. The van der Waals surface area contributed by atoms with Gasteiger partial charge in [-0.3, -0.25) is 4.79 Å². The lowest BCUT2D eigenvalue weighted by Crippen LogP contribution is -2.51. The van der Waals surface area contributed by atoms with E-state index in [0.717, 1.165) is 32.4 Å². The summed E-state index contributed by atoms with van der Waals surface area (Å²) in [6, 6.07) is 0.319. The maximum absolute atomic E-state index is 11.9. The first-order valence-electron chi connectivity index (χ1n) is 5.64. The molecule has 2 rings (SSSR count). The second kappa shape index (κ2) is 3.89. The Morgan fingerprint density at radius 1 is 1.50 bits per heavy atom. The predicted molar refractivity (Wildman–Crippen MR) is 53.9 cm³/mol. The Bertz CT molecular complexity index is 225. The average Bonchev–Trinajstić information content (AvgIpc) is 3.00. The molecule has 1 saturated heterocycles. The van der Waals surface area contributed by atoms with Crippen molar-refractivity contribution >= 4 is 5.91 Å². The average molecular weight is 197 g/mol. The maximum atomic E-state index is 11.9. The molecule has 2 aliphatic rings. The first kappa shape index (κ1) is 9.97. The lowest BCUT2D eigenvalue weighted by atomic mass is 10.1. The predicted octanol–water partition coefficient (Wildman–Crippen LogP) is 1.42. The molecule has 3 nitrogen and oxygen atoms in total. The van der Waals surface area contributed by atoms with Crippen molar-refractivity contribution in [1.29, 1.82) is 0 Å². The summed E-state index contributed by atoms with van der Waals surface area (Å²) in [5.41, 5.74) is 0. The van der Waals surface area contributed by atoms with Gasteiger partial charge in [-0.05, 0) is 26.2 Å². The Kier molecular flexibility index (Phi) is 2.77. The summed E-state index contributed by atoms with van der Waals surface area (Å²) in [4.78, 5) is 14.0. The van der Waals surface area contributed by atoms with Gasteiger partial charge in [0.15, 0.2) is 0 Å². The largest absolute Gasteiger partial charge is 0.375 e. The summed E-state index contributed by atoms with van der Waals surface area (Å²) in [6.07, 6.45) is 3.41. The number of hydrogen-bond acceptors (Lipinski definition) is 2. The zero-order valence-corrected chi connectivity index (χ0v) is 9.03. The molecule has 80 valence electrons. The van der Waals surface area contributed by atoms with Crippen LogP contribution in [-0.4, -0.2) is 36.1 Å². The van der Waals surface area contributed by atoms with Crippen LogP contribution in [0.15, 0.2) is 0 Å². The van der Waals surface area contributed by atoms with E-state index in [1.54, 1.807) is 0 Å². The molecular weight excluding hydrogens is 178 g/mol. The standard InChI is InChI=1S/C11H19NO2/c1-3-10-7-14-8(2)6-12(10)11(13)9-4-5-9/h8-10H,3-7H2,1-2H3. The molecule has 2 unspecified atom stereocenters. The third kappa shape index (κ3) is 1.92. The van der Waals surface area contributed by atoms with Crippen LogP contribution in [0, 0.1) is 5.92 Å². The fourth-order valence-electron chi connectivity index (χ4n) is 2.02. The molecule has 1 amide bonds. The van der Waals surface area contributed by atoms with Gasteiger partial charge in [-0.25, -0.2) is 0 Å². The highest BCUT2D eigenvalue weighted by Crippen LogP contribution is 2.32. The number of hydrogen-bond donors (Lipinski definition) is 0. The van der Waals surface area contributed by atoms with Crippen LogP contribution in [-0.2, 0) is 9.53 Å². The van der Waals surface area contributed by atoms with E-state index in [1.807, 2.05) is 11.8 Å². The second-order valence-corrected chi connectivity index (χ2v) is 4.47. The Balaban J connectivity index is 2.00. The van der Waals surface area contributed by atoms with Crippen molar-refractivity contribution in [3.63, 3.8) is 0 Å². The zero-order chi connectivity index (χ0) is 10.1. The molecule has 1 aliphatic carbocycles. The Labute approximate surface area is 85.4 Å². The van der Waals surface area contributed by atoms with Gasteiger partial charge < -0.3 is 9.64 Å². The number of nitrogens with zero attached hydrogens (tertiary/aromatic N) is 1. The minimum Gasteiger partial charge on any atom is -0.375 e. The first-order chi connectivity index (χ1) is 6.72. The van der Waals surface area contributed by atoms with Gasteiger partial charge in [0.2, 0.25) is 5.91 Å². The van der Waals surface area contributed by atoms with Crippen LogP contribution in [0.1, 0.15) is 33.1 Å². The van der Waals surface area contributed by atoms with Gasteiger partial charge in [0.1, 0.15) is 0 Å². The van der Waals surface area contributed by atoms with Crippen molar-refractivity contribution in [1.82, 2.24) is 4.90 Å². The molecule has 3 heteroatoms. The number of rotatable bonds is 2. The summed E-state index contributed by atoms with van der Waals surface area (Å²) in [5, 5.41) is 0. The number of morpholine rings is 1. The lowest BCUT2D eigenvalue weighted by molar-refractivity contribution is -0.145. The molecule has 0 N–H and O–H groups in total. The fraction of sp³-hybridized carbons (Fsp3) is 0.909. The molecule has 2 atom stereocenters. The van der Waals surface area contributed by atoms with Gasteiger partial charge in [-0.15, -0.1) is 0 Å². The van der Waals surface area contributed by atoms with Crippen LogP contribution in [0.2, 0.25) is 0 Å². The van der Waals surface area contributed by atoms with Crippen molar-refractivity contribution in [3.05, 3.63) is 0 Å². The summed E-state index contributed by atoms with van der Waals surface area (Å²) < 4.78 is 5.57. The van der Waals surface area contributed by atoms with Gasteiger partial charge in [0.25, 0.3) is 0 Å². The van der Waals surface area contributed by atoms with Crippen LogP contribution in [0.3, 0.4) is 0 Å². The van der Waals surface area contributed by atoms with Gasteiger partial charge in [0.05, 0.1) is 18.8 Å². The smallest absolute Gasteiger partial charge is 0.226 e. The number of carbonyl (C=O) groups excluding carboxylic acids is 1. The molecule has 1 saturated carbocycles. The van der Waals surface area contributed by atoms with E-state index in [4.69, 9.17) is 4.74 Å². The topological polar surface area (TPSA) is 29.5 Å². The second-order valence-electron chi connectivity index (χ2n) is 4.47. The summed E-state index contributed by atoms with van der Waals surface area (Å²) in [5.74, 6) is 0.710. The molecular formula is C11H19NO2. The van der Waals surface area contributed by atoms with Crippen molar-refractivity contribution in [2.24, 2.45) is 5.92 Å². The third-order valence-electron chi connectivity index (χ3n) is 3.15. The van der Waals surface area contributed by atoms with Crippen molar-refractivity contribution in [2.75, 3.05) is 13.2 Å². The zero-order valence-electron chi connectivity index (χ0n) is 9.03. The molecule has 2 fully saturated rings. The van der Waals surface area contributed by atoms with Crippen molar-refractivity contribution in [3.8, 4) is 0 Å². The monoisotopic (exact) mass is 197 g/mol. The summed E-state index contributed by atoms with van der Waals surface area (Å²) >= 11 is 0. The molecule has 0 aromatic heterocycles. The molecule has 0 bridgehead atoms. The van der Waals surface area contributed by atoms with Crippen LogP contribution in [0.5, 0.6) is 0 Å². The van der Waals surface area contributed by atoms with Gasteiger partial charge in [-0.2, -0.15) is 0 Å². The molecule has 0 radical (unpaired) electrons. The van der Waals surface area contributed by atoms with Crippen LogP contribution >= 0.6 is 0 Å².